The van der Waals surface area contributed by atoms with E-state index in [0.29, 0.717) is 5.56 Å². The smallest absolute Gasteiger partial charge is 0.180 e. The van der Waals surface area contributed by atoms with Gasteiger partial charge in [0.2, 0.25) is 0 Å². The quantitative estimate of drug-likeness (QED) is 0.679. The fourth-order valence-corrected chi connectivity index (χ4v) is 1.34. The number of rotatable bonds is 1. The molecule has 3 heteroatoms. The molecule has 0 aromatic heterocycles. The van der Waals surface area contributed by atoms with Crippen molar-refractivity contribution in [1.29, 1.82) is 0 Å². The van der Waals surface area contributed by atoms with Gasteiger partial charge in [-0.05, 0) is 33.6 Å². The summed E-state index contributed by atoms with van der Waals surface area (Å²) >= 11 is 6.07. The minimum atomic E-state index is -1.06. The van der Waals surface area contributed by atoms with Crippen LogP contribution in [0.3, 0.4) is 0 Å². The van der Waals surface area contributed by atoms with Gasteiger partial charge in [-0.15, -0.1) is 0 Å². The van der Waals surface area contributed by atoms with Crippen LogP contribution in [0.2, 0.25) is 0 Å². The van der Waals surface area contributed by atoms with E-state index in [9.17, 15) is 4.39 Å². The molecule has 1 aromatic rings. The van der Waals surface area contributed by atoms with Gasteiger partial charge in [-0.2, -0.15) is 0 Å². The van der Waals surface area contributed by atoms with Gasteiger partial charge in [0.1, 0.15) is 0 Å². The first-order valence-corrected chi connectivity index (χ1v) is 4.44. The van der Waals surface area contributed by atoms with Gasteiger partial charge in [0.05, 0.1) is 0 Å². The summed E-state index contributed by atoms with van der Waals surface area (Å²) in [5, 5.41) is -1.06. The summed E-state index contributed by atoms with van der Waals surface area (Å²) in [6.45, 7) is 0. The molecule has 1 aromatic carbocycles. The van der Waals surface area contributed by atoms with E-state index in [4.69, 9.17) is 0 Å². The van der Waals surface area contributed by atoms with E-state index in [-0.39, 0.29) is 0 Å². The molecule has 1 rings (SSSR count). The van der Waals surface area contributed by atoms with Crippen molar-refractivity contribution >= 4 is 31.9 Å². The third kappa shape index (κ3) is 2.06. The Hall–Kier alpha value is 0.110. The zero-order valence-corrected chi connectivity index (χ0v) is 8.19. The van der Waals surface area contributed by atoms with E-state index in [0.717, 1.165) is 4.47 Å². The van der Waals surface area contributed by atoms with Crippen molar-refractivity contribution in [2.75, 3.05) is 0 Å². The van der Waals surface area contributed by atoms with Crippen LogP contribution in [-0.4, -0.2) is 0 Å². The molecule has 0 aliphatic rings. The highest BCUT2D eigenvalue weighted by molar-refractivity contribution is 9.10. The van der Waals surface area contributed by atoms with Gasteiger partial charge in [0, 0.05) is 4.47 Å². The van der Waals surface area contributed by atoms with Crippen molar-refractivity contribution in [3.05, 3.63) is 34.3 Å². The molecule has 54 valence electrons. The van der Waals surface area contributed by atoms with Crippen LogP contribution in [-0.2, 0) is 0 Å². The number of hydrogen-bond acceptors (Lipinski definition) is 0. The molecule has 10 heavy (non-hydrogen) atoms. The first-order chi connectivity index (χ1) is 4.70. The average molecular weight is 268 g/mol. The van der Waals surface area contributed by atoms with Crippen LogP contribution < -0.4 is 0 Å². The topological polar surface area (TPSA) is 0 Å². The predicted octanol–water partition coefficient (Wildman–Crippen LogP) is 3.81. The number of alkyl halides is 2. The van der Waals surface area contributed by atoms with Gasteiger partial charge < -0.3 is 0 Å². The molecular formula is C7H5Br2F. The summed E-state index contributed by atoms with van der Waals surface area (Å²) in [6, 6.07) is 7.12. The molecule has 0 fully saturated rings. The van der Waals surface area contributed by atoms with E-state index in [1.165, 1.54) is 0 Å². The SMILES string of the molecule is FC(Br)c1cccc(Br)c1. The Labute approximate surface area is 75.7 Å². The second kappa shape index (κ2) is 3.49. The summed E-state index contributed by atoms with van der Waals surface area (Å²) in [7, 11) is 0. The lowest BCUT2D eigenvalue weighted by atomic mass is 10.2. The van der Waals surface area contributed by atoms with E-state index in [1.807, 2.05) is 6.07 Å². The Morgan fingerprint density at radius 3 is 2.50 bits per heavy atom. The number of benzene rings is 1. The molecule has 0 saturated heterocycles. The highest BCUT2D eigenvalue weighted by Crippen LogP contribution is 2.25. The Morgan fingerprint density at radius 1 is 1.40 bits per heavy atom. The van der Waals surface area contributed by atoms with Gasteiger partial charge >= 0.3 is 0 Å². The summed E-state index contributed by atoms with van der Waals surface area (Å²) in [5.41, 5.74) is 0.634. The van der Waals surface area contributed by atoms with Crippen molar-refractivity contribution in [2.45, 2.75) is 5.08 Å². The first kappa shape index (κ1) is 8.21. The predicted molar refractivity (Wildman–Crippen MR) is 46.9 cm³/mol. The molecule has 0 aliphatic carbocycles. The summed E-state index contributed by atoms with van der Waals surface area (Å²) in [6.07, 6.45) is 0. The Balaban J connectivity index is 2.96. The molecule has 1 unspecified atom stereocenters. The maximum absolute atomic E-state index is 12.5. The lowest BCUT2D eigenvalue weighted by molar-refractivity contribution is 0.479. The zero-order chi connectivity index (χ0) is 7.56. The van der Waals surface area contributed by atoms with Crippen molar-refractivity contribution in [2.24, 2.45) is 0 Å². The van der Waals surface area contributed by atoms with Crippen LogP contribution in [0.25, 0.3) is 0 Å². The maximum atomic E-state index is 12.5. The summed E-state index contributed by atoms with van der Waals surface area (Å²) in [4.78, 5) is 0. The molecule has 0 N–H and O–H groups in total. The van der Waals surface area contributed by atoms with Crippen molar-refractivity contribution < 1.29 is 4.39 Å². The van der Waals surface area contributed by atoms with Gasteiger partial charge in [0.25, 0.3) is 0 Å². The lowest BCUT2D eigenvalue weighted by Crippen LogP contribution is -1.79. The second-order valence-electron chi connectivity index (χ2n) is 1.86. The van der Waals surface area contributed by atoms with E-state index in [2.05, 4.69) is 31.9 Å². The van der Waals surface area contributed by atoms with Gasteiger partial charge in [-0.3, -0.25) is 0 Å². The zero-order valence-electron chi connectivity index (χ0n) is 5.02. The largest absolute Gasteiger partial charge is 0.230 e. The maximum Gasteiger partial charge on any atom is 0.180 e. The van der Waals surface area contributed by atoms with E-state index in [1.54, 1.807) is 18.2 Å². The average Bonchev–Trinajstić information content (AvgIpc) is 1.88. The number of hydrogen-bond donors (Lipinski definition) is 0. The van der Waals surface area contributed by atoms with Gasteiger partial charge in [-0.1, -0.05) is 28.1 Å². The van der Waals surface area contributed by atoms with Crippen molar-refractivity contribution in [1.82, 2.24) is 0 Å². The Bertz CT molecular complexity index is 223. The molecule has 1 atom stereocenters. The first-order valence-electron chi connectivity index (χ1n) is 2.74. The molecular weight excluding hydrogens is 263 g/mol. The standard InChI is InChI=1S/C7H5Br2F/c8-6-3-1-2-5(4-6)7(9)10/h1-4,7H. The van der Waals surface area contributed by atoms with Crippen molar-refractivity contribution in [3.63, 3.8) is 0 Å². The highest BCUT2D eigenvalue weighted by atomic mass is 79.9. The summed E-state index contributed by atoms with van der Waals surface area (Å²) < 4.78 is 13.4. The normalized spacial score (nSPS) is 13.1. The lowest BCUT2D eigenvalue weighted by Gasteiger charge is -1.98. The molecule has 0 heterocycles. The second-order valence-corrected chi connectivity index (χ2v) is 3.58. The Morgan fingerprint density at radius 2 is 2.10 bits per heavy atom. The highest BCUT2D eigenvalue weighted by Gasteiger charge is 2.02. The van der Waals surface area contributed by atoms with Gasteiger partial charge in [0.15, 0.2) is 5.08 Å². The van der Waals surface area contributed by atoms with E-state index < -0.39 is 5.08 Å². The minimum absolute atomic E-state index is 0.634. The monoisotopic (exact) mass is 266 g/mol. The van der Waals surface area contributed by atoms with Crippen LogP contribution >= 0.6 is 31.9 Å². The van der Waals surface area contributed by atoms with Gasteiger partial charge in [-0.25, -0.2) is 4.39 Å². The number of halogens is 3. The third-order valence-electron chi connectivity index (χ3n) is 1.10. The molecule has 0 amide bonds. The fraction of sp³-hybridized carbons (Fsp3) is 0.143. The third-order valence-corrected chi connectivity index (χ3v) is 2.12. The fourth-order valence-electron chi connectivity index (χ4n) is 0.642. The van der Waals surface area contributed by atoms with Crippen molar-refractivity contribution in [3.8, 4) is 0 Å². The minimum Gasteiger partial charge on any atom is -0.230 e. The molecule has 0 nitrogen and oxygen atoms in total. The van der Waals surface area contributed by atoms with Crippen LogP contribution in [0.4, 0.5) is 4.39 Å². The molecule has 0 radical (unpaired) electrons. The van der Waals surface area contributed by atoms with Crippen LogP contribution in [0.15, 0.2) is 28.7 Å². The molecule has 0 aliphatic heterocycles. The summed E-state index contributed by atoms with van der Waals surface area (Å²) in [5.74, 6) is 0. The van der Waals surface area contributed by atoms with Crippen LogP contribution in [0.5, 0.6) is 0 Å². The van der Waals surface area contributed by atoms with E-state index >= 15 is 0 Å². The van der Waals surface area contributed by atoms with Crippen LogP contribution in [0, 0.1) is 0 Å². The Kier molecular flexibility index (Phi) is 2.86. The van der Waals surface area contributed by atoms with Crippen LogP contribution in [0.1, 0.15) is 10.6 Å². The molecule has 0 saturated carbocycles. The molecule has 0 bridgehead atoms. The molecule has 0 spiro atoms.